The molecule has 0 spiro atoms. The number of aryl methyl sites for hydroxylation is 3. The van der Waals surface area contributed by atoms with Gasteiger partial charge in [0.2, 0.25) is 0 Å². The third kappa shape index (κ3) is 2.90. The van der Waals surface area contributed by atoms with Crippen molar-refractivity contribution < 1.29 is 0 Å². The van der Waals surface area contributed by atoms with Crippen LogP contribution in [0.4, 0.5) is 0 Å². The van der Waals surface area contributed by atoms with E-state index in [0.29, 0.717) is 0 Å². The zero-order valence-electron chi connectivity index (χ0n) is 12.7. The highest BCUT2D eigenvalue weighted by atomic mass is 15.0. The Hall–Kier alpha value is -1.54. The van der Waals surface area contributed by atoms with Gasteiger partial charge in [-0.05, 0) is 69.1 Å². The molecule has 1 heterocycles. The summed E-state index contributed by atoms with van der Waals surface area (Å²) in [5.41, 5.74) is 7.93. The van der Waals surface area contributed by atoms with Crippen molar-refractivity contribution in [1.82, 2.24) is 9.88 Å². The number of benzene rings is 1. The number of hydrogen-bond donors (Lipinski definition) is 1. The molecule has 0 amide bonds. The molecule has 2 heteroatoms. The van der Waals surface area contributed by atoms with Gasteiger partial charge in [-0.2, -0.15) is 0 Å². The minimum atomic E-state index is 0.945. The summed E-state index contributed by atoms with van der Waals surface area (Å²) >= 11 is 0. The number of aromatic nitrogens is 1. The van der Waals surface area contributed by atoms with Crippen LogP contribution in [0.15, 0.2) is 24.3 Å². The van der Waals surface area contributed by atoms with E-state index in [1.54, 1.807) is 0 Å². The lowest BCUT2D eigenvalue weighted by Crippen LogP contribution is -2.12. The monoisotopic (exact) mass is 256 g/mol. The van der Waals surface area contributed by atoms with Gasteiger partial charge in [0.15, 0.2) is 0 Å². The van der Waals surface area contributed by atoms with Gasteiger partial charge in [-0.1, -0.05) is 13.0 Å². The summed E-state index contributed by atoms with van der Waals surface area (Å²) in [5, 5.41) is 3.41. The maximum absolute atomic E-state index is 3.41. The first-order chi connectivity index (χ1) is 9.02. The SMILES string of the molecule is CCNCc1cc(C)n(-c2cc(C)cc(C)c2)c1C. The van der Waals surface area contributed by atoms with Crippen LogP contribution >= 0.6 is 0 Å². The van der Waals surface area contributed by atoms with Crippen LogP contribution in [-0.2, 0) is 6.54 Å². The molecule has 0 fully saturated rings. The molecular formula is C17H24N2. The lowest BCUT2D eigenvalue weighted by Gasteiger charge is -2.12. The average Bonchev–Trinajstić information content (AvgIpc) is 2.60. The van der Waals surface area contributed by atoms with Gasteiger partial charge < -0.3 is 9.88 Å². The van der Waals surface area contributed by atoms with Crippen LogP contribution in [0.25, 0.3) is 5.69 Å². The van der Waals surface area contributed by atoms with E-state index in [2.05, 4.69) is 68.8 Å². The highest BCUT2D eigenvalue weighted by Gasteiger charge is 2.10. The molecule has 2 rings (SSSR count). The van der Waals surface area contributed by atoms with Gasteiger partial charge in [0.05, 0.1) is 0 Å². The zero-order chi connectivity index (χ0) is 14.0. The fourth-order valence-corrected chi connectivity index (χ4v) is 2.74. The van der Waals surface area contributed by atoms with Crippen LogP contribution in [0.3, 0.4) is 0 Å². The fourth-order valence-electron chi connectivity index (χ4n) is 2.74. The minimum absolute atomic E-state index is 0.945. The first kappa shape index (κ1) is 13.9. The predicted octanol–water partition coefficient (Wildman–Crippen LogP) is 3.82. The summed E-state index contributed by atoms with van der Waals surface area (Å²) in [6.07, 6.45) is 0. The number of hydrogen-bond acceptors (Lipinski definition) is 1. The average molecular weight is 256 g/mol. The van der Waals surface area contributed by atoms with Gasteiger partial charge >= 0.3 is 0 Å². The molecule has 0 radical (unpaired) electrons. The van der Waals surface area contributed by atoms with Crippen LogP contribution in [0.1, 0.15) is 35.0 Å². The maximum Gasteiger partial charge on any atom is 0.0460 e. The Morgan fingerprint density at radius 3 is 2.16 bits per heavy atom. The van der Waals surface area contributed by atoms with E-state index in [0.717, 1.165) is 13.1 Å². The summed E-state index contributed by atoms with van der Waals surface area (Å²) in [6.45, 7) is 12.8. The third-order valence-corrected chi connectivity index (χ3v) is 3.57. The Labute approximate surface area is 116 Å². The van der Waals surface area contributed by atoms with E-state index in [-0.39, 0.29) is 0 Å². The normalized spacial score (nSPS) is 11.0. The molecule has 0 saturated heterocycles. The van der Waals surface area contributed by atoms with Gasteiger partial charge in [-0.25, -0.2) is 0 Å². The molecule has 1 N–H and O–H groups in total. The van der Waals surface area contributed by atoms with Gasteiger partial charge in [-0.15, -0.1) is 0 Å². The van der Waals surface area contributed by atoms with E-state index in [1.165, 1.54) is 33.8 Å². The molecule has 0 saturated carbocycles. The van der Waals surface area contributed by atoms with Crippen molar-refractivity contribution in [1.29, 1.82) is 0 Å². The van der Waals surface area contributed by atoms with E-state index in [9.17, 15) is 0 Å². The second-order valence-electron chi connectivity index (χ2n) is 5.36. The van der Waals surface area contributed by atoms with Gasteiger partial charge in [-0.3, -0.25) is 0 Å². The summed E-state index contributed by atoms with van der Waals surface area (Å²) in [5.74, 6) is 0. The smallest absolute Gasteiger partial charge is 0.0460 e. The summed E-state index contributed by atoms with van der Waals surface area (Å²) in [7, 11) is 0. The van der Waals surface area contributed by atoms with Crippen LogP contribution in [0, 0.1) is 27.7 Å². The van der Waals surface area contributed by atoms with Crippen LogP contribution in [0.5, 0.6) is 0 Å². The Morgan fingerprint density at radius 2 is 1.58 bits per heavy atom. The first-order valence-electron chi connectivity index (χ1n) is 7.00. The predicted molar refractivity (Wildman–Crippen MR) is 82.1 cm³/mol. The molecule has 0 aliphatic carbocycles. The molecule has 2 aromatic rings. The summed E-state index contributed by atoms with van der Waals surface area (Å²) in [6, 6.07) is 9.01. The summed E-state index contributed by atoms with van der Waals surface area (Å²) < 4.78 is 2.35. The van der Waals surface area contributed by atoms with Gasteiger partial charge in [0.1, 0.15) is 0 Å². The lowest BCUT2D eigenvalue weighted by atomic mass is 10.1. The quantitative estimate of drug-likeness (QED) is 0.880. The van der Waals surface area contributed by atoms with Crippen LogP contribution < -0.4 is 5.32 Å². The Bertz CT molecular complexity index is 559. The fraction of sp³-hybridized carbons (Fsp3) is 0.412. The van der Waals surface area contributed by atoms with Crippen molar-refractivity contribution in [2.45, 2.75) is 41.2 Å². The number of nitrogens with one attached hydrogen (secondary N) is 1. The van der Waals surface area contributed by atoms with Gasteiger partial charge in [0, 0.05) is 23.6 Å². The Balaban J connectivity index is 2.47. The number of rotatable bonds is 4. The molecular weight excluding hydrogens is 232 g/mol. The van der Waals surface area contributed by atoms with Crippen molar-refractivity contribution in [2.75, 3.05) is 6.54 Å². The third-order valence-electron chi connectivity index (χ3n) is 3.57. The molecule has 0 atom stereocenters. The first-order valence-corrected chi connectivity index (χ1v) is 7.00. The molecule has 19 heavy (non-hydrogen) atoms. The lowest BCUT2D eigenvalue weighted by molar-refractivity contribution is 0.722. The Morgan fingerprint density at radius 1 is 0.947 bits per heavy atom. The summed E-state index contributed by atoms with van der Waals surface area (Å²) in [4.78, 5) is 0. The van der Waals surface area contributed by atoms with Crippen LogP contribution in [-0.4, -0.2) is 11.1 Å². The maximum atomic E-state index is 3.41. The molecule has 0 unspecified atom stereocenters. The van der Waals surface area contributed by atoms with E-state index in [4.69, 9.17) is 0 Å². The van der Waals surface area contributed by atoms with Crippen molar-refractivity contribution in [2.24, 2.45) is 0 Å². The number of nitrogens with zero attached hydrogens (tertiary/aromatic N) is 1. The molecule has 1 aromatic carbocycles. The van der Waals surface area contributed by atoms with E-state index in [1.807, 2.05) is 0 Å². The second kappa shape index (κ2) is 5.62. The molecule has 1 aromatic heterocycles. The Kier molecular flexibility index (Phi) is 4.11. The molecule has 0 bridgehead atoms. The zero-order valence-corrected chi connectivity index (χ0v) is 12.7. The second-order valence-corrected chi connectivity index (χ2v) is 5.36. The topological polar surface area (TPSA) is 17.0 Å². The molecule has 2 nitrogen and oxygen atoms in total. The minimum Gasteiger partial charge on any atom is -0.318 e. The van der Waals surface area contributed by atoms with Crippen LogP contribution in [0.2, 0.25) is 0 Å². The largest absolute Gasteiger partial charge is 0.318 e. The van der Waals surface area contributed by atoms with Crippen molar-refractivity contribution in [3.8, 4) is 5.69 Å². The standard InChI is InChI=1S/C17H24N2/c1-6-18-11-16-10-14(4)19(15(16)5)17-8-12(2)7-13(3)9-17/h7-10,18H,6,11H2,1-5H3. The molecule has 0 aliphatic rings. The van der Waals surface area contributed by atoms with Crippen molar-refractivity contribution >= 4 is 0 Å². The molecule has 102 valence electrons. The van der Waals surface area contributed by atoms with E-state index >= 15 is 0 Å². The van der Waals surface area contributed by atoms with E-state index < -0.39 is 0 Å². The van der Waals surface area contributed by atoms with Gasteiger partial charge in [0.25, 0.3) is 0 Å². The van der Waals surface area contributed by atoms with Crippen molar-refractivity contribution in [3.63, 3.8) is 0 Å². The molecule has 0 aliphatic heterocycles. The van der Waals surface area contributed by atoms with Crippen molar-refractivity contribution in [3.05, 3.63) is 52.3 Å². The highest BCUT2D eigenvalue weighted by molar-refractivity contribution is 5.45. The highest BCUT2D eigenvalue weighted by Crippen LogP contribution is 2.22.